The number of nitrogens with one attached hydrogen (secondary N) is 1. The molecule has 0 spiro atoms. The van der Waals surface area contributed by atoms with Crippen LogP contribution in [0.15, 0.2) is 10.7 Å². The van der Waals surface area contributed by atoms with E-state index in [-0.39, 0.29) is 17.7 Å². The molecule has 80 valence electrons. The van der Waals surface area contributed by atoms with Crippen LogP contribution in [0.2, 0.25) is 0 Å². The van der Waals surface area contributed by atoms with E-state index < -0.39 is 0 Å². The number of nitrogens with zero attached hydrogens (tertiary/aromatic N) is 1. The fourth-order valence-electron chi connectivity index (χ4n) is 1.20. The van der Waals surface area contributed by atoms with Gasteiger partial charge in [-0.2, -0.15) is 0 Å². The highest BCUT2D eigenvalue weighted by Gasteiger charge is 2.16. The predicted molar refractivity (Wildman–Crippen MR) is 56.2 cm³/mol. The number of carbonyl (C=O) groups is 1. The second kappa shape index (κ2) is 5.20. The Hall–Kier alpha value is -1.76. The van der Waals surface area contributed by atoms with Crippen molar-refractivity contribution in [3.05, 3.63) is 17.5 Å². The van der Waals surface area contributed by atoms with Gasteiger partial charge in [-0.05, 0) is 13.3 Å². The van der Waals surface area contributed by atoms with E-state index in [0.717, 1.165) is 12.0 Å². The lowest BCUT2D eigenvalue weighted by molar-refractivity contribution is 0.0898. The molecule has 0 fully saturated rings. The lowest BCUT2D eigenvalue weighted by Crippen LogP contribution is -2.34. The smallest absolute Gasteiger partial charge is 0.290 e. The molecule has 1 amide bonds. The van der Waals surface area contributed by atoms with Gasteiger partial charge in [-0.15, -0.1) is 12.3 Å². The van der Waals surface area contributed by atoms with Crippen LogP contribution in [0.1, 0.15) is 35.9 Å². The number of carbonyl (C=O) groups excluding carboxylic acids is 1. The maximum Gasteiger partial charge on any atom is 0.290 e. The first kappa shape index (κ1) is 11.3. The Labute approximate surface area is 89.0 Å². The van der Waals surface area contributed by atoms with Gasteiger partial charge >= 0.3 is 0 Å². The van der Waals surface area contributed by atoms with Gasteiger partial charge in [0.15, 0.2) is 0 Å². The van der Waals surface area contributed by atoms with E-state index in [4.69, 9.17) is 10.9 Å². The van der Waals surface area contributed by atoms with E-state index in [2.05, 4.69) is 16.4 Å². The topological polar surface area (TPSA) is 55.1 Å². The minimum atomic E-state index is -0.257. The van der Waals surface area contributed by atoms with Gasteiger partial charge in [0, 0.05) is 18.0 Å². The van der Waals surface area contributed by atoms with Crippen LogP contribution in [0.5, 0.6) is 0 Å². The van der Waals surface area contributed by atoms with Crippen LogP contribution in [0, 0.1) is 19.3 Å². The van der Waals surface area contributed by atoms with E-state index in [1.165, 1.54) is 6.20 Å². The average Bonchev–Trinajstić information content (AvgIpc) is 2.63. The molecule has 1 heterocycles. The SMILES string of the molecule is C#CCC(CC)NC(=O)c1oncc1C. The standard InChI is InChI=1S/C11H14N2O2/c1-4-6-9(5-2)13-11(14)10-8(3)7-12-15-10/h1,7,9H,5-6H2,2-3H3,(H,13,14). The summed E-state index contributed by atoms with van der Waals surface area (Å²) in [6.45, 7) is 3.74. The summed E-state index contributed by atoms with van der Waals surface area (Å²) < 4.78 is 4.84. The molecule has 0 bridgehead atoms. The number of aromatic nitrogens is 1. The lowest BCUT2D eigenvalue weighted by atomic mass is 10.1. The zero-order valence-corrected chi connectivity index (χ0v) is 8.91. The van der Waals surface area contributed by atoms with Crippen LogP contribution in [-0.2, 0) is 0 Å². The summed E-state index contributed by atoms with van der Waals surface area (Å²) in [6, 6.07) is -0.00741. The fraction of sp³-hybridized carbons (Fsp3) is 0.455. The average molecular weight is 206 g/mol. The van der Waals surface area contributed by atoms with Crippen molar-refractivity contribution < 1.29 is 9.32 Å². The third kappa shape index (κ3) is 2.84. The van der Waals surface area contributed by atoms with E-state index in [0.29, 0.717) is 6.42 Å². The summed E-state index contributed by atoms with van der Waals surface area (Å²) in [7, 11) is 0. The summed E-state index contributed by atoms with van der Waals surface area (Å²) in [5, 5.41) is 6.34. The molecule has 1 rings (SSSR count). The maximum atomic E-state index is 11.7. The quantitative estimate of drug-likeness (QED) is 0.760. The first-order valence-electron chi connectivity index (χ1n) is 4.84. The van der Waals surface area contributed by atoms with Crippen LogP contribution in [0.25, 0.3) is 0 Å². The fourth-order valence-corrected chi connectivity index (χ4v) is 1.20. The van der Waals surface area contributed by atoms with Gasteiger partial charge < -0.3 is 9.84 Å². The molecule has 1 atom stereocenters. The molecule has 1 unspecified atom stereocenters. The molecule has 0 aliphatic carbocycles. The second-order valence-electron chi connectivity index (χ2n) is 3.32. The Balaban J connectivity index is 2.63. The van der Waals surface area contributed by atoms with E-state index in [9.17, 15) is 4.79 Å². The van der Waals surface area contributed by atoms with Crippen LogP contribution < -0.4 is 5.32 Å². The van der Waals surface area contributed by atoms with Crippen molar-refractivity contribution in [1.82, 2.24) is 10.5 Å². The molecular formula is C11H14N2O2. The lowest BCUT2D eigenvalue weighted by Gasteiger charge is -2.12. The summed E-state index contributed by atoms with van der Waals surface area (Å²) in [5.41, 5.74) is 0.725. The molecular weight excluding hydrogens is 192 g/mol. The monoisotopic (exact) mass is 206 g/mol. The van der Waals surface area contributed by atoms with Crippen molar-refractivity contribution in [2.75, 3.05) is 0 Å². The highest BCUT2D eigenvalue weighted by molar-refractivity contribution is 5.92. The van der Waals surface area contributed by atoms with Gasteiger partial charge in [0.05, 0.1) is 6.20 Å². The molecule has 0 aliphatic heterocycles. The van der Waals surface area contributed by atoms with Crippen molar-refractivity contribution in [3.63, 3.8) is 0 Å². The zero-order chi connectivity index (χ0) is 11.3. The molecule has 0 saturated carbocycles. The van der Waals surface area contributed by atoms with Crippen LogP contribution in [-0.4, -0.2) is 17.1 Å². The summed E-state index contributed by atoms with van der Waals surface area (Å²) in [4.78, 5) is 11.7. The molecule has 15 heavy (non-hydrogen) atoms. The Morgan fingerprint density at radius 1 is 1.80 bits per heavy atom. The van der Waals surface area contributed by atoms with Gasteiger partial charge in [0.25, 0.3) is 5.91 Å². The van der Waals surface area contributed by atoms with Crippen molar-refractivity contribution in [3.8, 4) is 12.3 Å². The van der Waals surface area contributed by atoms with Gasteiger partial charge in [-0.1, -0.05) is 12.1 Å². The summed E-state index contributed by atoms with van der Waals surface area (Å²) >= 11 is 0. The molecule has 0 saturated heterocycles. The highest BCUT2D eigenvalue weighted by atomic mass is 16.5. The first-order valence-corrected chi connectivity index (χ1v) is 4.84. The number of hydrogen-bond donors (Lipinski definition) is 1. The van der Waals surface area contributed by atoms with Crippen LogP contribution in [0.4, 0.5) is 0 Å². The van der Waals surface area contributed by atoms with E-state index in [1.54, 1.807) is 6.92 Å². The molecule has 0 aromatic carbocycles. The van der Waals surface area contributed by atoms with E-state index in [1.807, 2.05) is 6.92 Å². The summed E-state index contributed by atoms with van der Waals surface area (Å²) in [5.74, 6) is 2.52. The van der Waals surface area contributed by atoms with Gasteiger partial charge in [0.1, 0.15) is 0 Å². The minimum absolute atomic E-state index is 0.00741. The van der Waals surface area contributed by atoms with E-state index >= 15 is 0 Å². The third-order valence-corrected chi connectivity index (χ3v) is 2.15. The van der Waals surface area contributed by atoms with Crippen LogP contribution in [0.3, 0.4) is 0 Å². The first-order chi connectivity index (χ1) is 7.19. The second-order valence-corrected chi connectivity index (χ2v) is 3.32. The number of hydrogen-bond acceptors (Lipinski definition) is 3. The number of amides is 1. The predicted octanol–water partition coefficient (Wildman–Crippen LogP) is 1.51. The zero-order valence-electron chi connectivity index (χ0n) is 8.91. The highest BCUT2D eigenvalue weighted by Crippen LogP contribution is 2.07. The molecule has 0 radical (unpaired) electrons. The van der Waals surface area contributed by atoms with Crippen molar-refractivity contribution >= 4 is 5.91 Å². The molecule has 1 aromatic heterocycles. The third-order valence-electron chi connectivity index (χ3n) is 2.15. The van der Waals surface area contributed by atoms with Gasteiger partial charge in [0.2, 0.25) is 5.76 Å². The molecule has 4 heteroatoms. The Bertz CT molecular complexity index is 376. The maximum absolute atomic E-state index is 11.7. The Morgan fingerprint density at radius 2 is 2.53 bits per heavy atom. The van der Waals surface area contributed by atoms with Gasteiger partial charge in [-0.3, -0.25) is 4.79 Å². The van der Waals surface area contributed by atoms with Gasteiger partial charge in [-0.25, -0.2) is 0 Å². The Morgan fingerprint density at radius 3 is 3.00 bits per heavy atom. The van der Waals surface area contributed by atoms with Crippen molar-refractivity contribution in [2.45, 2.75) is 32.7 Å². The van der Waals surface area contributed by atoms with Crippen LogP contribution >= 0.6 is 0 Å². The Kier molecular flexibility index (Phi) is 3.92. The molecule has 1 aromatic rings. The molecule has 0 aliphatic rings. The van der Waals surface area contributed by atoms with Crippen molar-refractivity contribution in [1.29, 1.82) is 0 Å². The summed E-state index contributed by atoms with van der Waals surface area (Å²) in [6.07, 6.45) is 8.02. The molecule has 4 nitrogen and oxygen atoms in total. The number of aryl methyl sites for hydroxylation is 1. The number of terminal acetylenes is 1. The number of rotatable bonds is 4. The largest absolute Gasteiger partial charge is 0.351 e. The molecule has 1 N–H and O–H groups in total. The normalized spacial score (nSPS) is 11.8. The van der Waals surface area contributed by atoms with Crippen molar-refractivity contribution in [2.24, 2.45) is 0 Å². The minimum Gasteiger partial charge on any atom is -0.351 e.